The molecule has 1 atom stereocenters. The van der Waals surface area contributed by atoms with Gasteiger partial charge in [0, 0.05) is 12.1 Å². The molecule has 3 rings (SSSR count). The second-order valence-electron chi connectivity index (χ2n) is 4.99. The minimum atomic E-state index is -3.07. The Morgan fingerprint density at radius 1 is 1.12 bits per heavy atom. The van der Waals surface area contributed by atoms with Gasteiger partial charge >= 0.3 is 0 Å². The molecule has 2 aliphatic rings. The van der Waals surface area contributed by atoms with Crippen molar-refractivity contribution in [2.75, 3.05) is 5.75 Å². The van der Waals surface area contributed by atoms with E-state index < -0.39 is 9.84 Å². The molecular formula is C13H17NO2S. The van der Waals surface area contributed by atoms with E-state index in [0.717, 1.165) is 18.4 Å². The SMILES string of the molecule is O=S1(=O)CCCC(NC2CC2)c2ccccc21. The van der Waals surface area contributed by atoms with Crippen LogP contribution in [0.2, 0.25) is 0 Å². The molecule has 1 N–H and O–H groups in total. The summed E-state index contributed by atoms with van der Waals surface area (Å²) in [5.74, 6) is 0.285. The molecule has 1 aliphatic heterocycles. The van der Waals surface area contributed by atoms with Crippen molar-refractivity contribution in [1.29, 1.82) is 0 Å². The molecule has 0 bridgehead atoms. The largest absolute Gasteiger partial charge is 0.307 e. The van der Waals surface area contributed by atoms with Gasteiger partial charge in [0.2, 0.25) is 0 Å². The van der Waals surface area contributed by atoms with Crippen LogP contribution in [-0.4, -0.2) is 20.2 Å². The third-order valence-electron chi connectivity index (χ3n) is 3.55. The lowest BCUT2D eigenvalue weighted by atomic mass is 10.0. The Balaban J connectivity index is 2.02. The standard InChI is InChI=1S/C13H17NO2S/c15-17(16)9-3-5-12(14-10-7-8-10)11-4-1-2-6-13(11)17/h1-2,4,6,10,12,14H,3,5,7-9H2. The van der Waals surface area contributed by atoms with E-state index in [9.17, 15) is 8.42 Å². The van der Waals surface area contributed by atoms with Crippen molar-refractivity contribution in [3.63, 3.8) is 0 Å². The van der Waals surface area contributed by atoms with E-state index in [1.165, 1.54) is 12.8 Å². The Morgan fingerprint density at radius 2 is 1.88 bits per heavy atom. The molecule has 4 heteroatoms. The summed E-state index contributed by atoms with van der Waals surface area (Å²) in [6.07, 6.45) is 4.13. The lowest BCUT2D eigenvalue weighted by molar-refractivity contribution is 0.490. The van der Waals surface area contributed by atoms with Crippen molar-refractivity contribution in [2.24, 2.45) is 0 Å². The Kier molecular flexibility index (Phi) is 2.71. The van der Waals surface area contributed by atoms with Gasteiger partial charge < -0.3 is 5.32 Å². The maximum atomic E-state index is 12.1. The zero-order valence-corrected chi connectivity index (χ0v) is 10.5. The van der Waals surface area contributed by atoms with Gasteiger partial charge in [-0.3, -0.25) is 0 Å². The van der Waals surface area contributed by atoms with Crippen LogP contribution in [0, 0.1) is 0 Å². The van der Waals surface area contributed by atoms with Crippen LogP contribution in [0.1, 0.15) is 37.3 Å². The first kappa shape index (κ1) is 11.2. The van der Waals surface area contributed by atoms with Crippen LogP contribution in [0.4, 0.5) is 0 Å². The average Bonchev–Trinajstić information content (AvgIpc) is 3.11. The van der Waals surface area contributed by atoms with Gasteiger partial charge in [-0.15, -0.1) is 0 Å². The molecule has 3 nitrogen and oxygen atoms in total. The molecule has 92 valence electrons. The smallest absolute Gasteiger partial charge is 0.178 e. The molecule has 1 aromatic carbocycles. The molecule has 0 spiro atoms. The van der Waals surface area contributed by atoms with E-state index in [0.29, 0.717) is 10.9 Å². The molecular weight excluding hydrogens is 234 g/mol. The van der Waals surface area contributed by atoms with E-state index in [1.807, 2.05) is 18.2 Å². The zero-order valence-electron chi connectivity index (χ0n) is 9.72. The summed E-state index contributed by atoms with van der Waals surface area (Å²) in [4.78, 5) is 0.538. The van der Waals surface area contributed by atoms with Gasteiger partial charge in [0.05, 0.1) is 10.6 Å². The normalized spacial score (nSPS) is 27.2. The predicted molar refractivity (Wildman–Crippen MR) is 66.6 cm³/mol. The lowest BCUT2D eigenvalue weighted by Crippen LogP contribution is -2.23. The number of hydrogen-bond acceptors (Lipinski definition) is 3. The minimum Gasteiger partial charge on any atom is -0.307 e. The Labute approximate surface area is 102 Å². The van der Waals surface area contributed by atoms with E-state index in [2.05, 4.69) is 5.32 Å². The van der Waals surface area contributed by atoms with Gasteiger partial charge in [-0.1, -0.05) is 18.2 Å². The predicted octanol–water partition coefficient (Wildman–Crippen LogP) is 2.05. The molecule has 0 saturated heterocycles. The highest BCUT2D eigenvalue weighted by atomic mass is 32.2. The van der Waals surface area contributed by atoms with E-state index >= 15 is 0 Å². The highest BCUT2D eigenvalue weighted by molar-refractivity contribution is 7.91. The van der Waals surface area contributed by atoms with Gasteiger partial charge in [-0.2, -0.15) is 0 Å². The molecule has 1 aromatic rings. The third-order valence-corrected chi connectivity index (χ3v) is 5.42. The second kappa shape index (κ2) is 4.10. The summed E-state index contributed by atoms with van der Waals surface area (Å²) >= 11 is 0. The minimum absolute atomic E-state index is 0.218. The quantitative estimate of drug-likeness (QED) is 0.875. The van der Waals surface area contributed by atoms with Crippen LogP contribution in [0.3, 0.4) is 0 Å². The topological polar surface area (TPSA) is 46.2 Å². The maximum Gasteiger partial charge on any atom is 0.178 e. The zero-order chi connectivity index (χ0) is 11.9. The molecule has 0 amide bonds. The van der Waals surface area contributed by atoms with E-state index in [4.69, 9.17) is 0 Å². The summed E-state index contributed by atoms with van der Waals surface area (Å²) < 4.78 is 24.2. The van der Waals surface area contributed by atoms with Crippen molar-refractivity contribution < 1.29 is 8.42 Å². The molecule has 0 radical (unpaired) electrons. The molecule has 0 aromatic heterocycles. The molecule has 1 heterocycles. The lowest BCUT2D eigenvalue weighted by Gasteiger charge is -2.18. The number of sulfone groups is 1. The summed E-state index contributed by atoms with van der Waals surface area (Å²) in [5, 5.41) is 3.56. The van der Waals surface area contributed by atoms with Crippen LogP contribution in [0.5, 0.6) is 0 Å². The van der Waals surface area contributed by atoms with Crippen molar-refractivity contribution in [1.82, 2.24) is 5.32 Å². The highest BCUT2D eigenvalue weighted by Crippen LogP contribution is 2.33. The van der Waals surface area contributed by atoms with E-state index in [1.54, 1.807) is 6.07 Å². The van der Waals surface area contributed by atoms with Crippen molar-refractivity contribution >= 4 is 9.84 Å². The summed E-state index contributed by atoms with van der Waals surface area (Å²) in [5.41, 5.74) is 0.969. The van der Waals surface area contributed by atoms with Gasteiger partial charge in [-0.05, 0) is 37.3 Å². The first-order chi connectivity index (χ1) is 8.17. The first-order valence-electron chi connectivity index (χ1n) is 6.24. The second-order valence-corrected chi connectivity index (χ2v) is 7.07. The van der Waals surface area contributed by atoms with Crippen LogP contribution in [0.25, 0.3) is 0 Å². The number of rotatable bonds is 2. The van der Waals surface area contributed by atoms with E-state index in [-0.39, 0.29) is 11.8 Å². The maximum absolute atomic E-state index is 12.1. The fraction of sp³-hybridized carbons (Fsp3) is 0.538. The number of benzene rings is 1. The molecule has 17 heavy (non-hydrogen) atoms. The first-order valence-corrected chi connectivity index (χ1v) is 7.90. The van der Waals surface area contributed by atoms with Gasteiger partial charge in [0.15, 0.2) is 9.84 Å². The Morgan fingerprint density at radius 3 is 2.65 bits per heavy atom. The monoisotopic (exact) mass is 251 g/mol. The Hall–Kier alpha value is -0.870. The Bertz CT molecular complexity index is 520. The summed E-state index contributed by atoms with van der Waals surface area (Å²) in [6.45, 7) is 0. The fourth-order valence-corrected chi connectivity index (χ4v) is 4.12. The van der Waals surface area contributed by atoms with Crippen LogP contribution in [-0.2, 0) is 9.84 Å². The molecule has 1 fully saturated rings. The van der Waals surface area contributed by atoms with Crippen molar-refractivity contribution in [3.8, 4) is 0 Å². The number of nitrogens with one attached hydrogen (secondary N) is 1. The van der Waals surface area contributed by atoms with Crippen LogP contribution in [0.15, 0.2) is 29.2 Å². The summed E-state index contributed by atoms with van der Waals surface area (Å²) in [6, 6.07) is 8.28. The molecule has 1 aliphatic carbocycles. The molecule has 1 saturated carbocycles. The van der Waals surface area contributed by atoms with Crippen LogP contribution < -0.4 is 5.32 Å². The highest BCUT2D eigenvalue weighted by Gasteiger charge is 2.31. The van der Waals surface area contributed by atoms with Gasteiger partial charge in [-0.25, -0.2) is 8.42 Å². The average molecular weight is 251 g/mol. The van der Waals surface area contributed by atoms with Crippen molar-refractivity contribution in [3.05, 3.63) is 29.8 Å². The third kappa shape index (κ3) is 2.24. The number of hydrogen-bond donors (Lipinski definition) is 1. The molecule has 1 unspecified atom stereocenters. The van der Waals surface area contributed by atoms with Gasteiger partial charge in [0.25, 0.3) is 0 Å². The van der Waals surface area contributed by atoms with Gasteiger partial charge in [0.1, 0.15) is 0 Å². The van der Waals surface area contributed by atoms with Crippen molar-refractivity contribution in [2.45, 2.75) is 42.7 Å². The number of fused-ring (bicyclic) bond motifs is 1. The summed E-state index contributed by atoms with van der Waals surface area (Å²) in [7, 11) is -3.07. The van der Waals surface area contributed by atoms with Crippen LogP contribution >= 0.6 is 0 Å². The fourth-order valence-electron chi connectivity index (χ4n) is 2.50.